The van der Waals surface area contributed by atoms with Crippen LogP contribution in [-0.2, 0) is 11.4 Å². The van der Waals surface area contributed by atoms with E-state index in [0.29, 0.717) is 11.3 Å². The number of oxime groups is 1. The normalized spacial score (nSPS) is 15.7. The molecular formula is C22H18F2N2O2S. The van der Waals surface area contributed by atoms with E-state index in [1.54, 1.807) is 12.1 Å². The van der Waals surface area contributed by atoms with Crippen molar-refractivity contribution in [1.29, 1.82) is 0 Å². The van der Waals surface area contributed by atoms with Crippen molar-refractivity contribution in [3.63, 3.8) is 0 Å². The van der Waals surface area contributed by atoms with Crippen molar-refractivity contribution >= 4 is 23.0 Å². The average Bonchev–Trinajstić information content (AvgIpc) is 3.42. The first kappa shape index (κ1) is 19.3. The third-order valence-corrected chi connectivity index (χ3v) is 5.52. The first-order valence-corrected chi connectivity index (χ1v) is 10.0. The number of benzene rings is 2. The highest BCUT2D eigenvalue weighted by Crippen LogP contribution is 2.22. The van der Waals surface area contributed by atoms with Crippen molar-refractivity contribution in [1.82, 2.24) is 4.90 Å². The second-order valence-corrected chi connectivity index (χ2v) is 7.68. The van der Waals surface area contributed by atoms with Crippen LogP contribution < -0.4 is 0 Å². The lowest BCUT2D eigenvalue weighted by Gasteiger charge is -2.24. The zero-order valence-corrected chi connectivity index (χ0v) is 16.2. The number of nitrogens with zero attached hydrogens (tertiary/aromatic N) is 2. The molecule has 0 saturated heterocycles. The molecule has 1 atom stereocenters. The highest BCUT2D eigenvalue weighted by Gasteiger charge is 2.28. The van der Waals surface area contributed by atoms with Gasteiger partial charge in [0, 0.05) is 24.6 Å². The second kappa shape index (κ2) is 8.53. The molecule has 0 radical (unpaired) electrons. The minimum absolute atomic E-state index is 0.0172. The quantitative estimate of drug-likeness (QED) is 0.580. The first-order valence-electron chi connectivity index (χ1n) is 9.15. The van der Waals surface area contributed by atoms with Gasteiger partial charge in [-0.3, -0.25) is 4.79 Å². The lowest BCUT2D eigenvalue weighted by Crippen LogP contribution is -2.37. The van der Waals surface area contributed by atoms with Gasteiger partial charge in [-0.25, -0.2) is 8.78 Å². The van der Waals surface area contributed by atoms with Gasteiger partial charge in [0.25, 0.3) is 5.91 Å². The van der Waals surface area contributed by atoms with E-state index in [9.17, 15) is 13.6 Å². The van der Waals surface area contributed by atoms with Crippen LogP contribution in [0.5, 0.6) is 0 Å². The molecule has 148 valence electrons. The number of halogens is 2. The summed E-state index contributed by atoms with van der Waals surface area (Å²) in [5, 5.41) is 5.97. The van der Waals surface area contributed by atoms with Crippen LogP contribution in [0.15, 0.2) is 71.2 Å². The molecule has 29 heavy (non-hydrogen) atoms. The largest absolute Gasteiger partial charge is 0.390 e. The zero-order valence-electron chi connectivity index (χ0n) is 15.4. The van der Waals surface area contributed by atoms with Crippen LogP contribution in [0.2, 0.25) is 0 Å². The summed E-state index contributed by atoms with van der Waals surface area (Å²) in [7, 11) is 0. The lowest BCUT2D eigenvalue weighted by atomic mass is 10.0. The summed E-state index contributed by atoms with van der Waals surface area (Å²) in [6.07, 6.45) is 0.210. The topological polar surface area (TPSA) is 41.9 Å². The molecule has 0 N–H and O–H groups in total. The fraction of sp³-hybridized carbons (Fsp3) is 0.182. The summed E-state index contributed by atoms with van der Waals surface area (Å²) in [4.78, 5) is 20.6. The number of carbonyl (C=O) groups is 1. The summed E-state index contributed by atoms with van der Waals surface area (Å²) >= 11 is 1.32. The number of carbonyl (C=O) groups excluding carboxylic acids is 1. The number of rotatable bonds is 6. The van der Waals surface area contributed by atoms with Gasteiger partial charge >= 0.3 is 0 Å². The molecule has 3 aromatic rings. The van der Waals surface area contributed by atoms with Gasteiger partial charge in [-0.2, -0.15) is 0 Å². The maximum Gasteiger partial charge on any atom is 0.264 e. The maximum atomic E-state index is 14.2. The predicted molar refractivity (Wildman–Crippen MR) is 108 cm³/mol. The maximum absolute atomic E-state index is 14.2. The summed E-state index contributed by atoms with van der Waals surface area (Å²) in [5.74, 6) is -1.55. The fourth-order valence-corrected chi connectivity index (χ4v) is 3.89. The molecule has 7 heteroatoms. The number of hydrogen-bond acceptors (Lipinski definition) is 4. The monoisotopic (exact) mass is 412 g/mol. The van der Waals surface area contributed by atoms with E-state index in [2.05, 4.69) is 5.16 Å². The molecule has 0 aliphatic carbocycles. The minimum Gasteiger partial charge on any atom is -0.390 e. The van der Waals surface area contributed by atoms with Gasteiger partial charge < -0.3 is 9.74 Å². The molecule has 0 saturated carbocycles. The molecule has 4 rings (SSSR count). The highest BCUT2D eigenvalue weighted by atomic mass is 32.1. The van der Waals surface area contributed by atoms with E-state index < -0.39 is 11.6 Å². The Labute approximate surface area is 171 Å². The smallest absolute Gasteiger partial charge is 0.264 e. The molecule has 2 heterocycles. The Morgan fingerprint density at radius 1 is 1.14 bits per heavy atom. The third-order valence-electron chi connectivity index (χ3n) is 4.66. The highest BCUT2D eigenvalue weighted by molar-refractivity contribution is 7.12. The Morgan fingerprint density at radius 3 is 2.69 bits per heavy atom. The SMILES string of the molecule is O=C(c1cccs1)N(Cc1ccc(F)cc1F)CC1CC(c2ccccc2)=NO1. The second-order valence-electron chi connectivity index (χ2n) is 6.73. The summed E-state index contributed by atoms with van der Waals surface area (Å²) < 4.78 is 27.4. The van der Waals surface area contributed by atoms with Crippen molar-refractivity contribution in [2.45, 2.75) is 19.1 Å². The van der Waals surface area contributed by atoms with Gasteiger partial charge in [0.1, 0.15) is 11.6 Å². The molecule has 0 bridgehead atoms. The van der Waals surface area contributed by atoms with Crippen molar-refractivity contribution < 1.29 is 18.4 Å². The Bertz CT molecular complexity index is 1020. The van der Waals surface area contributed by atoms with Crippen molar-refractivity contribution in [3.8, 4) is 0 Å². The molecule has 1 aliphatic rings. The predicted octanol–water partition coefficient (Wildman–Crippen LogP) is 4.86. The lowest BCUT2D eigenvalue weighted by molar-refractivity contribution is 0.0406. The van der Waals surface area contributed by atoms with Gasteiger partial charge in [0.05, 0.1) is 17.1 Å². The van der Waals surface area contributed by atoms with Gasteiger partial charge in [-0.05, 0) is 23.1 Å². The van der Waals surface area contributed by atoms with Gasteiger partial charge in [-0.15, -0.1) is 11.3 Å². The summed E-state index contributed by atoms with van der Waals surface area (Å²) in [6, 6.07) is 16.6. The molecule has 0 fully saturated rings. The Morgan fingerprint density at radius 2 is 1.97 bits per heavy atom. The molecule has 4 nitrogen and oxygen atoms in total. The van der Waals surface area contributed by atoms with E-state index >= 15 is 0 Å². The van der Waals surface area contributed by atoms with Crippen LogP contribution in [0, 0.1) is 11.6 Å². The fourth-order valence-electron chi connectivity index (χ4n) is 3.20. The molecule has 1 aliphatic heterocycles. The molecule has 1 aromatic heterocycles. The van der Waals surface area contributed by atoms with Crippen LogP contribution in [0.4, 0.5) is 8.78 Å². The Hall–Kier alpha value is -3.06. The number of thiophene rings is 1. The zero-order chi connectivity index (χ0) is 20.2. The third kappa shape index (κ3) is 4.51. The number of amides is 1. The first-order chi connectivity index (χ1) is 14.1. The minimum atomic E-state index is -0.678. The van der Waals surface area contributed by atoms with Crippen LogP contribution in [-0.4, -0.2) is 29.2 Å². The van der Waals surface area contributed by atoms with Gasteiger partial charge in [0.2, 0.25) is 0 Å². The molecular weight excluding hydrogens is 394 g/mol. The van der Waals surface area contributed by atoms with E-state index in [4.69, 9.17) is 4.84 Å². The van der Waals surface area contributed by atoms with E-state index in [1.807, 2.05) is 35.7 Å². The molecule has 2 aromatic carbocycles. The average molecular weight is 412 g/mol. The van der Waals surface area contributed by atoms with Crippen molar-refractivity contribution in [2.24, 2.45) is 5.16 Å². The summed E-state index contributed by atoms with van der Waals surface area (Å²) in [5.41, 5.74) is 2.03. The van der Waals surface area contributed by atoms with Gasteiger partial charge in [-0.1, -0.05) is 47.6 Å². The summed E-state index contributed by atoms with van der Waals surface area (Å²) in [6.45, 7) is 0.261. The van der Waals surface area contributed by atoms with E-state index in [-0.39, 0.29) is 30.7 Å². The van der Waals surface area contributed by atoms with Crippen molar-refractivity contribution in [2.75, 3.05) is 6.54 Å². The van der Waals surface area contributed by atoms with Crippen molar-refractivity contribution in [3.05, 3.63) is 93.7 Å². The van der Waals surface area contributed by atoms with Crippen LogP contribution in [0.1, 0.15) is 27.2 Å². The molecule has 1 amide bonds. The molecule has 1 unspecified atom stereocenters. The van der Waals surface area contributed by atoms with Crippen LogP contribution in [0.3, 0.4) is 0 Å². The van der Waals surface area contributed by atoms with Crippen LogP contribution >= 0.6 is 11.3 Å². The standard InChI is InChI=1S/C22H18F2N2O2S/c23-17-9-8-16(19(24)11-17)13-26(22(27)21-7-4-10-29-21)14-18-12-20(25-28-18)15-5-2-1-3-6-15/h1-11,18H,12-14H2. The van der Waals surface area contributed by atoms with Gasteiger partial charge in [0.15, 0.2) is 6.10 Å². The number of hydrogen-bond donors (Lipinski definition) is 0. The van der Waals surface area contributed by atoms with E-state index in [1.165, 1.54) is 28.4 Å². The Balaban J connectivity index is 1.51. The van der Waals surface area contributed by atoms with Crippen LogP contribution in [0.25, 0.3) is 0 Å². The van der Waals surface area contributed by atoms with E-state index in [0.717, 1.165) is 17.3 Å². The Kier molecular flexibility index (Phi) is 5.67. The molecule has 0 spiro atoms.